The van der Waals surface area contributed by atoms with Gasteiger partial charge in [-0.2, -0.15) is 11.8 Å². The van der Waals surface area contributed by atoms with Gasteiger partial charge in [0.15, 0.2) is 0 Å². The van der Waals surface area contributed by atoms with Gasteiger partial charge in [0.05, 0.1) is 0 Å². The SMILES string of the molecule is CC(C)C1C(=O)NCCN1C(=O)CC1CSCCN1.Cl. The van der Waals surface area contributed by atoms with Crippen LogP contribution in [0.3, 0.4) is 0 Å². The van der Waals surface area contributed by atoms with Gasteiger partial charge >= 0.3 is 0 Å². The molecule has 2 amide bonds. The van der Waals surface area contributed by atoms with Crippen LogP contribution in [0.4, 0.5) is 0 Å². The van der Waals surface area contributed by atoms with Gasteiger partial charge in [-0.1, -0.05) is 13.8 Å². The second-order valence-electron chi connectivity index (χ2n) is 5.50. The van der Waals surface area contributed by atoms with Crippen molar-refractivity contribution in [3.05, 3.63) is 0 Å². The second-order valence-corrected chi connectivity index (χ2v) is 6.65. The van der Waals surface area contributed by atoms with Crippen LogP contribution in [0.1, 0.15) is 20.3 Å². The van der Waals surface area contributed by atoms with E-state index in [1.54, 1.807) is 4.90 Å². The minimum absolute atomic E-state index is 0. The fraction of sp³-hybridized carbons (Fsp3) is 0.846. The lowest BCUT2D eigenvalue weighted by Gasteiger charge is -2.38. The van der Waals surface area contributed by atoms with Crippen LogP contribution < -0.4 is 10.6 Å². The van der Waals surface area contributed by atoms with Gasteiger partial charge in [0.25, 0.3) is 0 Å². The number of nitrogens with zero attached hydrogens (tertiary/aromatic N) is 1. The summed E-state index contributed by atoms with van der Waals surface area (Å²) in [5, 5.41) is 6.22. The molecule has 0 saturated carbocycles. The number of nitrogens with one attached hydrogen (secondary N) is 2. The quantitative estimate of drug-likeness (QED) is 0.794. The monoisotopic (exact) mass is 321 g/mol. The first kappa shape index (κ1) is 17.6. The summed E-state index contributed by atoms with van der Waals surface area (Å²) >= 11 is 1.89. The van der Waals surface area contributed by atoms with Crippen molar-refractivity contribution >= 4 is 36.0 Å². The summed E-state index contributed by atoms with van der Waals surface area (Å²) in [6, 6.07) is -0.0541. The van der Waals surface area contributed by atoms with E-state index in [1.807, 2.05) is 25.6 Å². The van der Waals surface area contributed by atoms with E-state index >= 15 is 0 Å². The second kappa shape index (κ2) is 8.10. The Morgan fingerprint density at radius 3 is 2.80 bits per heavy atom. The molecule has 7 heteroatoms. The topological polar surface area (TPSA) is 61.4 Å². The standard InChI is InChI=1S/C13H23N3O2S.ClH/c1-9(2)12-13(18)15-3-5-16(12)11(17)7-10-8-19-6-4-14-10;/h9-10,12,14H,3-8H2,1-2H3,(H,15,18);1H. The van der Waals surface area contributed by atoms with E-state index in [2.05, 4.69) is 10.6 Å². The van der Waals surface area contributed by atoms with Crippen molar-refractivity contribution in [3.8, 4) is 0 Å². The highest BCUT2D eigenvalue weighted by Crippen LogP contribution is 2.17. The highest BCUT2D eigenvalue weighted by Gasteiger charge is 2.35. The summed E-state index contributed by atoms with van der Waals surface area (Å²) in [6.45, 7) is 6.15. The van der Waals surface area contributed by atoms with Gasteiger partial charge in [0.1, 0.15) is 6.04 Å². The molecule has 2 rings (SSSR count). The Hall–Kier alpha value is -0.460. The van der Waals surface area contributed by atoms with Crippen LogP contribution in [0.15, 0.2) is 0 Å². The summed E-state index contributed by atoms with van der Waals surface area (Å²) in [5.41, 5.74) is 0. The number of hydrogen-bond donors (Lipinski definition) is 2. The van der Waals surface area contributed by atoms with Crippen molar-refractivity contribution < 1.29 is 9.59 Å². The molecule has 2 atom stereocenters. The van der Waals surface area contributed by atoms with Crippen molar-refractivity contribution in [2.75, 3.05) is 31.1 Å². The van der Waals surface area contributed by atoms with Crippen LogP contribution in [-0.2, 0) is 9.59 Å². The smallest absolute Gasteiger partial charge is 0.243 e. The van der Waals surface area contributed by atoms with Crippen molar-refractivity contribution in [1.29, 1.82) is 0 Å². The molecule has 2 aliphatic rings. The summed E-state index contributed by atoms with van der Waals surface area (Å²) in [4.78, 5) is 26.1. The predicted octanol–water partition coefficient (Wildman–Crippen LogP) is 0.486. The van der Waals surface area contributed by atoms with Crippen LogP contribution in [0.5, 0.6) is 0 Å². The molecule has 0 spiro atoms. The molecule has 2 fully saturated rings. The van der Waals surface area contributed by atoms with Crippen molar-refractivity contribution in [2.45, 2.75) is 32.4 Å². The minimum atomic E-state index is -0.308. The van der Waals surface area contributed by atoms with E-state index < -0.39 is 0 Å². The summed E-state index contributed by atoms with van der Waals surface area (Å²) in [6.07, 6.45) is 0.503. The Labute approximate surface area is 131 Å². The van der Waals surface area contributed by atoms with Crippen LogP contribution in [0.25, 0.3) is 0 Å². The lowest BCUT2D eigenvalue weighted by Crippen LogP contribution is -2.60. The molecule has 0 aromatic carbocycles. The largest absolute Gasteiger partial charge is 0.353 e. The molecule has 2 N–H and O–H groups in total. The van der Waals surface area contributed by atoms with E-state index in [0.717, 1.165) is 18.1 Å². The van der Waals surface area contributed by atoms with E-state index in [-0.39, 0.29) is 42.2 Å². The summed E-state index contributed by atoms with van der Waals surface area (Å²) in [5.74, 6) is 2.34. The average molecular weight is 322 g/mol. The van der Waals surface area contributed by atoms with Crippen LogP contribution in [-0.4, -0.2) is 59.9 Å². The zero-order chi connectivity index (χ0) is 13.8. The average Bonchev–Trinajstić information content (AvgIpc) is 2.39. The molecule has 0 aromatic heterocycles. The highest BCUT2D eigenvalue weighted by molar-refractivity contribution is 7.99. The fourth-order valence-corrected chi connectivity index (χ4v) is 3.66. The Morgan fingerprint density at radius 2 is 2.20 bits per heavy atom. The van der Waals surface area contributed by atoms with Crippen molar-refractivity contribution in [1.82, 2.24) is 15.5 Å². The normalized spacial score (nSPS) is 26.9. The lowest BCUT2D eigenvalue weighted by molar-refractivity contribution is -0.145. The number of carbonyl (C=O) groups is 2. The van der Waals surface area contributed by atoms with Crippen molar-refractivity contribution in [2.24, 2.45) is 5.92 Å². The molecule has 2 unspecified atom stereocenters. The lowest BCUT2D eigenvalue weighted by atomic mass is 9.99. The number of amides is 2. The molecule has 20 heavy (non-hydrogen) atoms. The zero-order valence-corrected chi connectivity index (χ0v) is 13.7. The predicted molar refractivity (Wildman–Crippen MR) is 84.3 cm³/mol. The first-order valence-electron chi connectivity index (χ1n) is 6.98. The maximum Gasteiger partial charge on any atom is 0.243 e. The molecule has 0 aliphatic carbocycles. The number of carbonyl (C=O) groups excluding carboxylic acids is 2. The van der Waals surface area contributed by atoms with E-state index in [1.165, 1.54) is 0 Å². The van der Waals surface area contributed by atoms with E-state index in [4.69, 9.17) is 0 Å². The molecular weight excluding hydrogens is 298 g/mol. The van der Waals surface area contributed by atoms with E-state index in [0.29, 0.717) is 19.5 Å². The van der Waals surface area contributed by atoms with Gasteiger partial charge < -0.3 is 15.5 Å². The molecular formula is C13H24ClN3O2S. The Morgan fingerprint density at radius 1 is 1.45 bits per heavy atom. The molecule has 2 aliphatic heterocycles. The Kier molecular flexibility index (Phi) is 7.12. The first-order chi connectivity index (χ1) is 9.09. The maximum absolute atomic E-state index is 12.4. The van der Waals surface area contributed by atoms with Gasteiger partial charge in [-0.3, -0.25) is 9.59 Å². The number of thioether (sulfide) groups is 1. The highest BCUT2D eigenvalue weighted by atomic mass is 35.5. The molecule has 5 nitrogen and oxygen atoms in total. The number of rotatable bonds is 3. The number of halogens is 1. The number of piperazine rings is 1. The van der Waals surface area contributed by atoms with E-state index in [9.17, 15) is 9.59 Å². The van der Waals surface area contributed by atoms with Gasteiger partial charge in [-0.15, -0.1) is 12.4 Å². The van der Waals surface area contributed by atoms with Gasteiger partial charge in [0.2, 0.25) is 11.8 Å². The molecule has 0 aromatic rings. The third-order valence-electron chi connectivity index (χ3n) is 3.63. The van der Waals surface area contributed by atoms with Crippen LogP contribution in [0.2, 0.25) is 0 Å². The zero-order valence-electron chi connectivity index (χ0n) is 12.1. The van der Waals surface area contributed by atoms with Gasteiger partial charge in [-0.05, 0) is 5.92 Å². The van der Waals surface area contributed by atoms with Crippen LogP contribution >= 0.6 is 24.2 Å². The molecule has 2 saturated heterocycles. The summed E-state index contributed by atoms with van der Waals surface area (Å²) < 4.78 is 0. The molecule has 2 heterocycles. The first-order valence-corrected chi connectivity index (χ1v) is 8.13. The molecule has 116 valence electrons. The van der Waals surface area contributed by atoms with Crippen molar-refractivity contribution in [3.63, 3.8) is 0 Å². The third-order valence-corrected chi connectivity index (χ3v) is 4.76. The van der Waals surface area contributed by atoms with Gasteiger partial charge in [0, 0.05) is 43.6 Å². The third kappa shape index (κ3) is 4.27. The summed E-state index contributed by atoms with van der Waals surface area (Å²) in [7, 11) is 0. The number of hydrogen-bond acceptors (Lipinski definition) is 4. The Balaban J connectivity index is 0.00000200. The molecule has 0 radical (unpaired) electrons. The Bertz CT molecular complexity index is 349. The van der Waals surface area contributed by atoms with Crippen LogP contribution in [0, 0.1) is 5.92 Å². The molecule has 0 bridgehead atoms. The minimum Gasteiger partial charge on any atom is -0.353 e. The fourth-order valence-electron chi connectivity index (χ4n) is 2.71. The maximum atomic E-state index is 12.4. The van der Waals surface area contributed by atoms with Gasteiger partial charge in [-0.25, -0.2) is 0 Å².